The Morgan fingerprint density at radius 3 is 2.50 bits per heavy atom. The molecule has 3 rings (SSSR count). The molecule has 6 heteroatoms. The fraction of sp³-hybridized carbons (Fsp3) is 0.727. The largest absolute Gasteiger partial charge is 0.455 e. The highest BCUT2D eigenvalue weighted by Crippen LogP contribution is 2.63. The first-order valence-corrected chi connectivity index (χ1v) is 10.3. The molecule has 0 amide bonds. The number of ketones is 1. The lowest BCUT2D eigenvalue weighted by atomic mass is 9.47. The molecule has 2 aliphatic carbocycles. The highest BCUT2D eigenvalue weighted by Gasteiger charge is 2.70. The Morgan fingerprint density at radius 2 is 1.96 bits per heavy atom. The number of esters is 1. The molecule has 2 fully saturated rings. The van der Waals surface area contributed by atoms with E-state index in [4.69, 9.17) is 21.1 Å². The summed E-state index contributed by atoms with van der Waals surface area (Å²) < 4.78 is 12.1. The molecule has 0 radical (unpaired) electrons. The molecule has 1 heterocycles. The molecular formula is C22H31ClO5. The van der Waals surface area contributed by atoms with Crippen molar-refractivity contribution in [3.8, 4) is 0 Å². The molecular weight excluding hydrogens is 380 g/mol. The molecule has 1 aliphatic heterocycles. The average molecular weight is 411 g/mol. The van der Waals surface area contributed by atoms with Gasteiger partial charge in [0.05, 0.1) is 12.0 Å². The van der Waals surface area contributed by atoms with Crippen LogP contribution < -0.4 is 0 Å². The van der Waals surface area contributed by atoms with E-state index >= 15 is 0 Å². The van der Waals surface area contributed by atoms with E-state index in [9.17, 15) is 14.7 Å². The van der Waals surface area contributed by atoms with Gasteiger partial charge in [0.25, 0.3) is 0 Å². The van der Waals surface area contributed by atoms with Crippen molar-refractivity contribution in [3.05, 3.63) is 24.3 Å². The second-order valence-electron chi connectivity index (χ2n) is 9.70. The molecule has 0 bridgehead atoms. The summed E-state index contributed by atoms with van der Waals surface area (Å²) in [5.74, 6) is -1.42. The summed E-state index contributed by atoms with van der Waals surface area (Å²) in [5.41, 5.74) is -2.48. The lowest BCUT2D eigenvalue weighted by Gasteiger charge is -2.63. The SMILES string of the molecule is C=C[C@]1(C)O[C@]2(C)[C@@H](OC(C)=O)C=C3C(C)(C)CC[C@H](O)[C@]3(C)[C@H]2C(=O)C1Cl. The Kier molecular flexibility index (Phi) is 4.93. The van der Waals surface area contributed by atoms with Crippen LogP contribution in [0.15, 0.2) is 24.3 Å². The summed E-state index contributed by atoms with van der Waals surface area (Å²) >= 11 is 6.57. The highest BCUT2D eigenvalue weighted by atomic mass is 35.5. The summed E-state index contributed by atoms with van der Waals surface area (Å²) in [4.78, 5) is 25.5. The summed E-state index contributed by atoms with van der Waals surface area (Å²) in [6, 6.07) is 0. The topological polar surface area (TPSA) is 72.8 Å². The summed E-state index contributed by atoms with van der Waals surface area (Å²) in [5, 5.41) is 10.1. The molecule has 0 spiro atoms. The van der Waals surface area contributed by atoms with Crippen LogP contribution in [0.4, 0.5) is 0 Å². The van der Waals surface area contributed by atoms with E-state index in [2.05, 4.69) is 20.4 Å². The minimum atomic E-state index is -1.18. The summed E-state index contributed by atoms with van der Waals surface area (Å²) in [6.07, 6.45) is 3.28. The number of halogens is 1. The maximum atomic E-state index is 13.6. The predicted octanol–water partition coefficient (Wildman–Crippen LogP) is 3.57. The van der Waals surface area contributed by atoms with Crippen LogP contribution in [0, 0.1) is 16.7 Å². The van der Waals surface area contributed by atoms with Gasteiger partial charge in [-0.2, -0.15) is 0 Å². The van der Waals surface area contributed by atoms with Crippen LogP contribution in [0.2, 0.25) is 0 Å². The predicted molar refractivity (Wildman–Crippen MR) is 107 cm³/mol. The molecule has 0 aromatic heterocycles. The van der Waals surface area contributed by atoms with Crippen molar-refractivity contribution in [1.29, 1.82) is 0 Å². The molecule has 28 heavy (non-hydrogen) atoms. The van der Waals surface area contributed by atoms with E-state index in [1.165, 1.54) is 13.0 Å². The Bertz CT molecular complexity index is 758. The number of alkyl halides is 1. The van der Waals surface area contributed by atoms with Crippen LogP contribution in [0.25, 0.3) is 0 Å². The van der Waals surface area contributed by atoms with Gasteiger partial charge in [0, 0.05) is 12.3 Å². The van der Waals surface area contributed by atoms with Gasteiger partial charge in [0.2, 0.25) is 0 Å². The van der Waals surface area contributed by atoms with Crippen molar-refractivity contribution >= 4 is 23.4 Å². The Morgan fingerprint density at radius 1 is 1.36 bits per heavy atom. The monoisotopic (exact) mass is 410 g/mol. The van der Waals surface area contributed by atoms with Gasteiger partial charge in [-0.05, 0) is 38.2 Å². The van der Waals surface area contributed by atoms with E-state index in [0.29, 0.717) is 6.42 Å². The van der Waals surface area contributed by atoms with Crippen molar-refractivity contribution in [2.45, 2.75) is 83.2 Å². The fourth-order valence-electron chi connectivity index (χ4n) is 5.79. The van der Waals surface area contributed by atoms with Crippen LogP contribution in [-0.2, 0) is 19.1 Å². The molecule has 3 aliphatic rings. The molecule has 0 aromatic rings. The van der Waals surface area contributed by atoms with Crippen molar-refractivity contribution in [2.75, 3.05) is 0 Å². The van der Waals surface area contributed by atoms with Crippen molar-refractivity contribution < 1.29 is 24.2 Å². The third-order valence-electron chi connectivity index (χ3n) is 7.28. The maximum Gasteiger partial charge on any atom is 0.303 e. The summed E-state index contributed by atoms with van der Waals surface area (Å²) in [6.45, 7) is 14.7. The zero-order valence-corrected chi connectivity index (χ0v) is 18.3. The van der Waals surface area contributed by atoms with E-state index in [1.54, 1.807) is 13.8 Å². The smallest absolute Gasteiger partial charge is 0.303 e. The number of aliphatic hydroxyl groups excluding tert-OH is 1. The van der Waals surface area contributed by atoms with E-state index in [1.807, 2.05) is 13.0 Å². The third kappa shape index (κ3) is 2.73. The highest BCUT2D eigenvalue weighted by molar-refractivity contribution is 6.33. The number of hydrogen-bond acceptors (Lipinski definition) is 5. The summed E-state index contributed by atoms with van der Waals surface area (Å²) in [7, 11) is 0. The second-order valence-corrected chi connectivity index (χ2v) is 10.1. The molecule has 1 N–H and O–H groups in total. The Labute approximate surface area is 172 Å². The van der Waals surface area contributed by atoms with Gasteiger partial charge < -0.3 is 14.6 Å². The van der Waals surface area contributed by atoms with Crippen molar-refractivity contribution in [1.82, 2.24) is 0 Å². The Balaban J connectivity index is 2.29. The van der Waals surface area contributed by atoms with Gasteiger partial charge in [0.1, 0.15) is 22.7 Å². The lowest BCUT2D eigenvalue weighted by Crippen LogP contribution is -2.73. The number of carbonyl (C=O) groups excluding carboxylic acids is 2. The first kappa shape index (κ1) is 21.5. The van der Waals surface area contributed by atoms with Crippen LogP contribution in [0.1, 0.15) is 54.4 Å². The number of rotatable bonds is 2. The number of Topliss-reactive ketones (excluding diaryl/α,β-unsaturated/α-hetero) is 1. The number of fused-ring (bicyclic) bond motifs is 3. The zero-order valence-electron chi connectivity index (χ0n) is 17.5. The number of ether oxygens (including phenoxy) is 2. The van der Waals surface area contributed by atoms with Crippen LogP contribution >= 0.6 is 11.6 Å². The van der Waals surface area contributed by atoms with Crippen LogP contribution in [0.3, 0.4) is 0 Å². The molecule has 1 saturated heterocycles. The third-order valence-corrected chi connectivity index (χ3v) is 7.92. The zero-order chi connectivity index (χ0) is 21.3. The van der Waals surface area contributed by atoms with Crippen molar-refractivity contribution in [3.63, 3.8) is 0 Å². The van der Waals surface area contributed by atoms with E-state index in [0.717, 1.165) is 12.0 Å². The quantitative estimate of drug-likeness (QED) is 0.428. The molecule has 1 unspecified atom stereocenters. The first-order valence-electron chi connectivity index (χ1n) is 9.83. The molecule has 5 nitrogen and oxygen atoms in total. The van der Waals surface area contributed by atoms with E-state index < -0.39 is 46.1 Å². The van der Waals surface area contributed by atoms with Gasteiger partial charge >= 0.3 is 5.97 Å². The van der Waals surface area contributed by atoms with Gasteiger partial charge in [-0.15, -0.1) is 18.2 Å². The number of aliphatic hydroxyl groups is 1. The molecule has 0 aromatic carbocycles. The molecule has 1 saturated carbocycles. The number of carbonyl (C=O) groups is 2. The number of hydrogen-bond donors (Lipinski definition) is 1. The first-order chi connectivity index (χ1) is 12.7. The minimum Gasteiger partial charge on any atom is -0.455 e. The maximum absolute atomic E-state index is 13.6. The average Bonchev–Trinajstić information content (AvgIpc) is 2.58. The van der Waals surface area contributed by atoms with Crippen LogP contribution in [0.5, 0.6) is 0 Å². The normalized spacial score (nSPS) is 47.4. The second kappa shape index (κ2) is 6.41. The molecule has 156 valence electrons. The lowest BCUT2D eigenvalue weighted by molar-refractivity contribution is -0.245. The van der Waals surface area contributed by atoms with E-state index in [-0.39, 0.29) is 11.2 Å². The minimum absolute atomic E-state index is 0.209. The van der Waals surface area contributed by atoms with Gasteiger partial charge in [-0.1, -0.05) is 32.4 Å². The van der Waals surface area contributed by atoms with Crippen molar-refractivity contribution in [2.24, 2.45) is 16.7 Å². The molecule has 7 atom stereocenters. The van der Waals surface area contributed by atoms with Gasteiger partial charge in [-0.3, -0.25) is 9.59 Å². The van der Waals surface area contributed by atoms with Crippen LogP contribution in [-0.4, -0.2) is 45.6 Å². The fourth-order valence-corrected chi connectivity index (χ4v) is 6.05. The van der Waals surface area contributed by atoms with Gasteiger partial charge in [0.15, 0.2) is 5.78 Å². The van der Waals surface area contributed by atoms with Gasteiger partial charge in [-0.25, -0.2) is 0 Å². The Hall–Kier alpha value is -1.17. The standard InChI is InChI=1S/C22H31ClO5/c1-8-20(5)18(23)16(26)17-21(6)13(19(3,4)10-9-14(21)25)11-15(27-12(2)24)22(17,7)28-20/h8,11,14-15,17-18,25H,1,9-10H2,2-7H3/t14-,15-,17+,18?,20-,21+,22+/m0/s1.